The predicted molar refractivity (Wildman–Crippen MR) is 78.7 cm³/mol. The first-order chi connectivity index (χ1) is 9.11. The predicted octanol–water partition coefficient (Wildman–Crippen LogP) is 1.53. The third-order valence-corrected chi connectivity index (χ3v) is 4.18. The molecule has 108 valence electrons. The highest BCUT2D eigenvalue weighted by molar-refractivity contribution is 7.89. The molecule has 0 radical (unpaired) electrons. The minimum absolute atomic E-state index is 0.302. The van der Waals surface area contributed by atoms with Crippen molar-refractivity contribution in [2.24, 2.45) is 5.73 Å². The van der Waals surface area contributed by atoms with Gasteiger partial charge in [-0.2, -0.15) is 0 Å². The molecule has 0 aliphatic heterocycles. The van der Waals surface area contributed by atoms with Crippen molar-refractivity contribution >= 4 is 15.7 Å². The van der Waals surface area contributed by atoms with E-state index < -0.39 is 10.0 Å². The molecule has 0 unspecified atom stereocenters. The molecule has 0 fully saturated rings. The van der Waals surface area contributed by atoms with Gasteiger partial charge in [-0.15, -0.1) is 0 Å². The van der Waals surface area contributed by atoms with Crippen molar-refractivity contribution in [1.29, 1.82) is 0 Å². The molecule has 0 saturated carbocycles. The Morgan fingerprint density at radius 1 is 1.16 bits per heavy atom. The zero-order valence-corrected chi connectivity index (χ0v) is 12.2. The van der Waals surface area contributed by atoms with Gasteiger partial charge in [-0.25, -0.2) is 13.1 Å². The quantitative estimate of drug-likeness (QED) is 0.601. The van der Waals surface area contributed by atoms with Crippen molar-refractivity contribution in [3.05, 3.63) is 24.3 Å². The van der Waals surface area contributed by atoms with Crippen LogP contribution in [-0.2, 0) is 10.0 Å². The van der Waals surface area contributed by atoms with Gasteiger partial charge in [0.1, 0.15) is 4.90 Å². The maximum absolute atomic E-state index is 12.1. The van der Waals surface area contributed by atoms with E-state index in [-0.39, 0.29) is 0 Å². The maximum atomic E-state index is 12.1. The molecule has 6 heteroatoms. The van der Waals surface area contributed by atoms with Crippen LogP contribution >= 0.6 is 0 Å². The Morgan fingerprint density at radius 3 is 2.58 bits per heavy atom. The van der Waals surface area contributed by atoms with Gasteiger partial charge in [0.15, 0.2) is 0 Å². The molecular weight excluding hydrogens is 262 g/mol. The number of sulfonamides is 1. The molecular formula is C13H23N3O2S. The lowest BCUT2D eigenvalue weighted by Gasteiger charge is -2.12. The summed E-state index contributed by atoms with van der Waals surface area (Å²) in [5.41, 5.74) is 6.07. The van der Waals surface area contributed by atoms with Gasteiger partial charge in [-0.05, 0) is 37.9 Å². The SMILES string of the molecule is CCCNS(=O)(=O)c1ccccc1NCCCCN. The molecule has 0 amide bonds. The van der Waals surface area contributed by atoms with Crippen LogP contribution in [0.3, 0.4) is 0 Å². The van der Waals surface area contributed by atoms with Crippen molar-refractivity contribution in [2.75, 3.05) is 25.0 Å². The Labute approximate surface area is 115 Å². The normalized spacial score (nSPS) is 11.5. The van der Waals surface area contributed by atoms with E-state index in [1.165, 1.54) is 0 Å². The molecule has 1 aromatic rings. The number of nitrogens with one attached hydrogen (secondary N) is 2. The molecule has 4 N–H and O–H groups in total. The van der Waals surface area contributed by atoms with E-state index in [1.807, 2.05) is 13.0 Å². The summed E-state index contributed by atoms with van der Waals surface area (Å²) in [6.45, 7) is 3.75. The number of rotatable bonds is 9. The lowest BCUT2D eigenvalue weighted by molar-refractivity contribution is 0.581. The fraction of sp³-hybridized carbons (Fsp3) is 0.538. The second-order valence-corrected chi connectivity index (χ2v) is 6.05. The zero-order valence-electron chi connectivity index (χ0n) is 11.4. The highest BCUT2D eigenvalue weighted by Gasteiger charge is 2.16. The van der Waals surface area contributed by atoms with Crippen LogP contribution in [-0.4, -0.2) is 28.1 Å². The summed E-state index contributed by atoms with van der Waals surface area (Å²) in [4.78, 5) is 0.302. The highest BCUT2D eigenvalue weighted by Crippen LogP contribution is 2.20. The summed E-state index contributed by atoms with van der Waals surface area (Å²) in [5.74, 6) is 0. The summed E-state index contributed by atoms with van der Waals surface area (Å²) < 4.78 is 26.8. The topological polar surface area (TPSA) is 84.2 Å². The van der Waals surface area contributed by atoms with Crippen molar-refractivity contribution < 1.29 is 8.42 Å². The van der Waals surface area contributed by atoms with Gasteiger partial charge < -0.3 is 11.1 Å². The molecule has 0 aliphatic carbocycles. The van der Waals surface area contributed by atoms with Crippen LogP contribution in [0.1, 0.15) is 26.2 Å². The first-order valence-electron chi connectivity index (χ1n) is 6.64. The van der Waals surface area contributed by atoms with E-state index in [1.54, 1.807) is 18.2 Å². The van der Waals surface area contributed by atoms with E-state index in [4.69, 9.17) is 5.73 Å². The lowest BCUT2D eigenvalue weighted by Crippen LogP contribution is -2.25. The van der Waals surface area contributed by atoms with E-state index in [0.717, 1.165) is 25.8 Å². The van der Waals surface area contributed by atoms with Gasteiger partial charge in [-0.3, -0.25) is 0 Å². The van der Waals surface area contributed by atoms with Crippen LogP contribution in [0.15, 0.2) is 29.2 Å². The van der Waals surface area contributed by atoms with E-state index in [2.05, 4.69) is 10.0 Å². The van der Waals surface area contributed by atoms with Crippen LogP contribution in [0, 0.1) is 0 Å². The minimum atomic E-state index is -3.43. The van der Waals surface area contributed by atoms with Crippen LogP contribution in [0.2, 0.25) is 0 Å². The van der Waals surface area contributed by atoms with Crippen LogP contribution in [0.4, 0.5) is 5.69 Å². The van der Waals surface area contributed by atoms with Gasteiger partial charge in [0.2, 0.25) is 10.0 Å². The molecule has 0 aliphatic rings. The Morgan fingerprint density at radius 2 is 1.89 bits per heavy atom. The molecule has 0 heterocycles. The van der Waals surface area contributed by atoms with Gasteiger partial charge in [-0.1, -0.05) is 19.1 Å². The molecule has 0 bridgehead atoms. The summed E-state index contributed by atoms with van der Waals surface area (Å²) in [5, 5.41) is 3.16. The average Bonchev–Trinajstić information content (AvgIpc) is 2.42. The summed E-state index contributed by atoms with van der Waals surface area (Å²) in [7, 11) is -3.43. The highest BCUT2D eigenvalue weighted by atomic mass is 32.2. The number of unbranched alkanes of at least 4 members (excludes halogenated alkanes) is 1. The maximum Gasteiger partial charge on any atom is 0.242 e. The molecule has 19 heavy (non-hydrogen) atoms. The van der Waals surface area contributed by atoms with Crippen LogP contribution in [0.5, 0.6) is 0 Å². The van der Waals surface area contributed by atoms with Gasteiger partial charge in [0.05, 0.1) is 5.69 Å². The van der Waals surface area contributed by atoms with E-state index >= 15 is 0 Å². The third kappa shape index (κ3) is 5.18. The first-order valence-corrected chi connectivity index (χ1v) is 8.12. The number of hydrogen-bond donors (Lipinski definition) is 3. The van der Waals surface area contributed by atoms with Crippen molar-refractivity contribution in [1.82, 2.24) is 4.72 Å². The average molecular weight is 285 g/mol. The monoisotopic (exact) mass is 285 g/mol. The lowest BCUT2D eigenvalue weighted by atomic mass is 10.3. The number of hydrogen-bond acceptors (Lipinski definition) is 4. The molecule has 0 spiro atoms. The molecule has 0 saturated heterocycles. The van der Waals surface area contributed by atoms with Crippen molar-refractivity contribution in [3.63, 3.8) is 0 Å². The molecule has 1 aromatic carbocycles. The zero-order chi connectivity index (χ0) is 14.1. The summed E-state index contributed by atoms with van der Waals surface area (Å²) in [6.07, 6.45) is 2.62. The fourth-order valence-corrected chi connectivity index (χ4v) is 2.97. The molecule has 0 atom stereocenters. The van der Waals surface area contributed by atoms with Crippen molar-refractivity contribution in [3.8, 4) is 0 Å². The van der Waals surface area contributed by atoms with E-state index in [9.17, 15) is 8.42 Å². The second-order valence-electron chi connectivity index (χ2n) is 4.32. The molecule has 0 aromatic heterocycles. The number of benzene rings is 1. The largest absolute Gasteiger partial charge is 0.384 e. The minimum Gasteiger partial charge on any atom is -0.384 e. The fourth-order valence-electron chi connectivity index (χ4n) is 1.65. The second kappa shape index (κ2) is 8.14. The van der Waals surface area contributed by atoms with Crippen LogP contribution < -0.4 is 15.8 Å². The summed E-state index contributed by atoms with van der Waals surface area (Å²) >= 11 is 0. The summed E-state index contributed by atoms with van der Waals surface area (Å²) in [6, 6.07) is 6.95. The van der Waals surface area contributed by atoms with E-state index in [0.29, 0.717) is 23.7 Å². The number of para-hydroxylation sites is 1. The van der Waals surface area contributed by atoms with Gasteiger partial charge >= 0.3 is 0 Å². The molecule has 5 nitrogen and oxygen atoms in total. The smallest absolute Gasteiger partial charge is 0.242 e. The Hall–Kier alpha value is -1.11. The third-order valence-electron chi connectivity index (χ3n) is 2.67. The number of nitrogens with two attached hydrogens (primary N) is 1. The Bertz CT molecular complexity index is 475. The Balaban J connectivity index is 2.77. The van der Waals surface area contributed by atoms with Crippen LogP contribution in [0.25, 0.3) is 0 Å². The Kier molecular flexibility index (Phi) is 6.83. The first kappa shape index (κ1) is 15.9. The number of anilines is 1. The van der Waals surface area contributed by atoms with Crippen molar-refractivity contribution in [2.45, 2.75) is 31.1 Å². The molecule has 1 rings (SSSR count). The van der Waals surface area contributed by atoms with Gasteiger partial charge in [0.25, 0.3) is 0 Å². The van der Waals surface area contributed by atoms with Gasteiger partial charge in [0, 0.05) is 13.1 Å². The standard InChI is InChI=1S/C13H23N3O2S/c1-2-10-16-19(17,18)13-8-4-3-7-12(13)15-11-6-5-9-14/h3-4,7-8,15-16H,2,5-6,9-11,14H2,1H3.